The molecule has 0 aromatic rings. The van der Waals surface area contributed by atoms with Gasteiger partial charge in [-0.15, -0.1) is 13.2 Å². The average Bonchev–Trinajstić information content (AvgIpc) is 2.38. The molecular formula is C15H24N2O3. The van der Waals surface area contributed by atoms with Crippen molar-refractivity contribution in [2.75, 3.05) is 26.2 Å². The predicted octanol–water partition coefficient (Wildman–Crippen LogP) is 1.37. The fraction of sp³-hybridized carbons (Fsp3) is 0.600. The van der Waals surface area contributed by atoms with Gasteiger partial charge in [0.25, 0.3) is 0 Å². The first-order chi connectivity index (χ1) is 9.51. The molecule has 20 heavy (non-hydrogen) atoms. The molecule has 0 radical (unpaired) electrons. The van der Waals surface area contributed by atoms with E-state index in [0.717, 1.165) is 12.8 Å². The minimum absolute atomic E-state index is 0.0707. The number of carboxylic acid groups (broad SMARTS) is 1. The Morgan fingerprint density at radius 3 is 2.45 bits per heavy atom. The number of likely N-dealkylation sites (tertiary alicyclic amines) is 1. The van der Waals surface area contributed by atoms with Gasteiger partial charge in [-0.25, -0.2) is 0 Å². The van der Waals surface area contributed by atoms with Crippen molar-refractivity contribution in [3.63, 3.8) is 0 Å². The molecular weight excluding hydrogens is 256 g/mol. The van der Waals surface area contributed by atoms with Gasteiger partial charge in [0, 0.05) is 13.1 Å². The van der Waals surface area contributed by atoms with E-state index in [0.29, 0.717) is 19.6 Å². The van der Waals surface area contributed by atoms with Crippen LogP contribution in [0.1, 0.15) is 19.8 Å². The summed E-state index contributed by atoms with van der Waals surface area (Å²) in [5, 5.41) is 9.34. The zero-order valence-corrected chi connectivity index (χ0v) is 12.1. The topological polar surface area (TPSA) is 60.9 Å². The maximum absolute atomic E-state index is 12.3. The number of carbonyl (C=O) groups excluding carboxylic acids is 1. The normalized spacial score (nSPS) is 23.1. The third-order valence-corrected chi connectivity index (χ3v) is 3.68. The first-order valence-electron chi connectivity index (χ1n) is 6.97. The van der Waals surface area contributed by atoms with E-state index in [1.807, 2.05) is 6.92 Å². The van der Waals surface area contributed by atoms with Crippen LogP contribution < -0.4 is 0 Å². The quantitative estimate of drug-likeness (QED) is 0.716. The molecule has 1 aliphatic heterocycles. The molecule has 0 aromatic carbocycles. The highest BCUT2D eigenvalue weighted by Crippen LogP contribution is 2.23. The molecule has 0 saturated carbocycles. The molecule has 2 atom stereocenters. The zero-order valence-electron chi connectivity index (χ0n) is 12.1. The summed E-state index contributed by atoms with van der Waals surface area (Å²) < 4.78 is 0. The van der Waals surface area contributed by atoms with Crippen LogP contribution in [0.15, 0.2) is 25.3 Å². The van der Waals surface area contributed by atoms with Gasteiger partial charge in [0.15, 0.2) is 0 Å². The van der Waals surface area contributed by atoms with Crippen LogP contribution in [0.2, 0.25) is 0 Å². The van der Waals surface area contributed by atoms with Crippen LogP contribution in [0.3, 0.4) is 0 Å². The molecule has 112 valence electrons. The Kier molecular flexibility index (Phi) is 6.45. The van der Waals surface area contributed by atoms with E-state index in [2.05, 4.69) is 13.2 Å². The fourth-order valence-corrected chi connectivity index (χ4v) is 2.71. The number of amides is 1. The van der Waals surface area contributed by atoms with Gasteiger partial charge in [-0.1, -0.05) is 19.1 Å². The van der Waals surface area contributed by atoms with Gasteiger partial charge in [-0.3, -0.25) is 14.5 Å². The second kappa shape index (κ2) is 7.85. The van der Waals surface area contributed by atoms with Crippen molar-refractivity contribution >= 4 is 11.9 Å². The Bertz CT molecular complexity index is 371. The predicted molar refractivity (Wildman–Crippen MR) is 78.4 cm³/mol. The number of carboxylic acids is 1. The van der Waals surface area contributed by atoms with Crippen LogP contribution in [-0.4, -0.2) is 59.0 Å². The van der Waals surface area contributed by atoms with E-state index in [-0.39, 0.29) is 18.4 Å². The van der Waals surface area contributed by atoms with Crippen molar-refractivity contribution in [2.24, 2.45) is 5.92 Å². The summed E-state index contributed by atoms with van der Waals surface area (Å²) in [6, 6.07) is -0.568. The second-order valence-corrected chi connectivity index (χ2v) is 5.25. The standard InChI is InChI=1S/C15H24N2O3/c1-4-8-16(9-5-2)13(18)11-17-10-6-7-12(3)14(17)15(19)20/h4-5,12,14H,1-2,6-11H2,3H3,(H,19,20). The van der Waals surface area contributed by atoms with E-state index in [1.165, 1.54) is 0 Å². The van der Waals surface area contributed by atoms with Crippen LogP contribution in [0, 0.1) is 5.92 Å². The third-order valence-electron chi connectivity index (χ3n) is 3.68. The van der Waals surface area contributed by atoms with Crippen molar-refractivity contribution in [1.29, 1.82) is 0 Å². The number of piperidine rings is 1. The van der Waals surface area contributed by atoms with Crippen molar-refractivity contribution in [1.82, 2.24) is 9.80 Å². The summed E-state index contributed by atoms with van der Waals surface area (Å²) in [5.74, 6) is -0.851. The molecule has 2 unspecified atom stereocenters. The molecule has 0 aromatic heterocycles. The van der Waals surface area contributed by atoms with E-state index < -0.39 is 12.0 Å². The Morgan fingerprint density at radius 1 is 1.35 bits per heavy atom. The van der Waals surface area contributed by atoms with Gasteiger partial charge >= 0.3 is 5.97 Å². The summed E-state index contributed by atoms with van der Waals surface area (Å²) in [6.07, 6.45) is 5.15. The molecule has 5 heteroatoms. The van der Waals surface area contributed by atoms with Gasteiger partial charge in [-0.05, 0) is 25.3 Å². The highest BCUT2D eigenvalue weighted by atomic mass is 16.4. The lowest BCUT2D eigenvalue weighted by Crippen LogP contribution is -2.53. The third kappa shape index (κ3) is 4.20. The monoisotopic (exact) mass is 280 g/mol. The van der Waals surface area contributed by atoms with E-state index in [1.54, 1.807) is 22.0 Å². The molecule has 1 amide bonds. The number of hydrogen-bond donors (Lipinski definition) is 1. The molecule has 5 nitrogen and oxygen atoms in total. The SMILES string of the molecule is C=CCN(CC=C)C(=O)CN1CCCC(C)C1C(=O)O. The van der Waals surface area contributed by atoms with Crippen molar-refractivity contribution < 1.29 is 14.7 Å². The van der Waals surface area contributed by atoms with Crippen molar-refractivity contribution in [3.05, 3.63) is 25.3 Å². The first-order valence-corrected chi connectivity index (χ1v) is 6.97. The van der Waals surface area contributed by atoms with E-state index >= 15 is 0 Å². The van der Waals surface area contributed by atoms with Gasteiger partial charge in [0.05, 0.1) is 6.54 Å². The van der Waals surface area contributed by atoms with Gasteiger partial charge in [-0.2, -0.15) is 0 Å². The molecule has 0 bridgehead atoms. The molecule has 1 N–H and O–H groups in total. The number of nitrogens with zero attached hydrogens (tertiary/aromatic N) is 2. The highest BCUT2D eigenvalue weighted by Gasteiger charge is 2.35. The Morgan fingerprint density at radius 2 is 1.95 bits per heavy atom. The summed E-state index contributed by atoms with van der Waals surface area (Å²) in [4.78, 5) is 27.0. The van der Waals surface area contributed by atoms with Gasteiger partial charge < -0.3 is 10.0 Å². The molecule has 1 saturated heterocycles. The lowest BCUT2D eigenvalue weighted by atomic mass is 9.91. The Balaban J connectivity index is 2.72. The maximum Gasteiger partial charge on any atom is 0.321 e. The Labute approximate surface area is 120 Å². The maximum atomic E-state index is 12.3. The highest BCUT2D eigenvalue weighted by molar-refractivity contribution is 5.80. The first kappa shape index (κ1) is 16.4. The number of hydrogen-bond acceptors (Lipinski definition) is 3. The van der Waals surface area contributed by atoms with Crippen LogP contribution in [-0.2, 0) is 9.59 Å². The summed E-state index contributed by atoms with van der Waals surface area (Å²) >= 11 is 0. The smallest absolute Gasteiger partial charge is 0.321 e. The van der Waals surface area contributed by atoms with Gasteiger partial charge in [0.2, 0.25) is 5.91 Å². The number of rotatable bonds is 7. The van der Waals surface area contributed by atoms with E-state index in [9.17, 15) is 14.7 Å². The summed E-state index contributed by atoms with van der Waals surface area (Å²) in [6.45, 7) is 10.9. The summed E-state index contributed by atoms with van der Waals surface area (Å²) in [7, 11) is 0. The van der Waals surface area contributed by atoms with Crippen LogP contribution in [0.25, 0.3) is 0 Å². The van der Waals surface area contributed by atoms with Crippen molar-refractivity contribution in [3.8, 4) is 0 Å². The molecule has 0 aliphatic carbocycles. The van der Waals surface area contributed by atoms with Crippen LogP contribution >= 0.6 is 0 Å². The molecule has 1 aliphatic rings. The molecule has 1 heterocycles. The lowest BCUT2D eigenvalue weighted by Gasteiger charge is -2.37. The minimum Gasteiger partial charge on any atom is -0.480 e. The fourth-order valence-electron chi connectivity index (χ4n) is 2.71. The molecule has 1 rings (SSSR count). The van der Waals surface area contributed by atoms with Crippen LogP contribution in [0.4, 0.5) is 0 Å². The molecule has 1 fully saturated rings. The lowest BCUT2D eigenvalue weighted by molar-refractivity contribution is -0.148. The zero-order chi connectivity index (χ0) is 15.1. The Hall–Kier alpha value is -1.62. The largest absolute Gasteiger partial charge is 0.480 e. The minimum atomic E-state index is -0.844. The number of carbonyl (C=O) groups is 2. The number of aliphatic carboxylic acids is 1. The van der Waals surface area contributed by atoms with Crippen molar-refractivity contribution in [2.45, 2.75) is 25.8 Å². The average molecular weight is 280 g/mol. The molecule has 0 spiro atoms. The van der Waals surface area contributed by atoms with Gasteiger partial charge in [0.1, 0.15) is 6.04 Å². The van der Waals surface area contributed by atoms with E-state index in [4.69, 9.17) is 0 Å². The summed E-state index contributed by atoms with van der Waals surface area (Å²) in [5.41, 5.74) is 0. The van der Waals surface area contributed by atoms with Crippen LogP contribution in [0.5, 0.6) is 0 Å². The second-order valence-electron chi connectivity index (χ2n) is 5.25.